The van der Waals surface area contributed by atoms with Crippen LogP contribution in [-0.4, -0.2) is 25.4 Å². The van der Waals surface area contributed by atoms with Crippen LogP contribution in [-0.2, 0) is 0 Å². The molecule has 0 amide bonds. The Balaban J connectivity index is 2.07. The molecule has 94 valence electrons. The quantitative estimate of drug-likeness (QED) is 0.859. The van der Waals surface area contributed by atoms with E-state index in [0.29, 0.717) is 22.6 Å². The van der Waals surface area contributed by atoms with Gasteiger partial charge in [0, 0.05) is 5.92 Å². The number of H-pyrrole nitrogens is 1. The second kappa shape index (κ2) is 4.93. The number of hydrogen-bond acceptors (Lipinski definition) is 4. The Labute approximate surface area is 118 Å². The predicted octanol–water partition coefficient (Wildman–Crippen LogP) is 3.34. The number of nitrogens with one attached hydrogen (secondary N) is 1. The van der Waals surface area contributed by atoms with Crippen LogP contribution in [0.4, 0.5) is 0 Å². The van der Waals surface area contributed by atoms with Gasteiger partial charge in [-0.3, -0.25) is 0 Å². The first kappa shape index (κ1) is 12.0. The molecule has 2 aromatic rings. The van der Waals surface area contributed by atoms with Crippen LogP contribution in [0.15, 0.2) is 10.7 Å². The summed E-state index contributed by atoms with van der Waals surface area (Å²) in [6.07, 6.45) is 6.41. The average molecular weight is 329 g/mol. The fraction of sp³-hybridized carbons (Fsp3) is 0.455. The molecule has 0 bridgehead atoms. The maximum Gasteiger partial charge on any atom is 0.183 e. The zero-order chi connectivity index (χ0) is 12.5. The summed E-state index contributed by atoms with van der Waals surface area (Å²) in [7, 11) is 0. The van der Waals surface area contributed by atoms with E-state index in [2.05, 4.69) is 41.3 Å². The number of halogens is 2. The van der Waals surface area contributed by atoms with Crippen molar-refractivity contribution < 1.29 is 0 Å². The summed E-state index contributed by atoms with van der Waals surface area (Å²) in [5.74, 6) is 0.990. The third kappa shape index (κ3) is 2.14. The molecule has 2 heterocycles. The largest absolute Gasteiger partial charge is 0.230 e. The molecule has 3 rings (SSSR count). The van der Waals surface area contributed by atoms with Crippen molar-refractivity contribution in [2.75, 3.05) is 0 Å². The van der Waals surface area contributed by atoms with Crippen LogP contribution < -0.4 is 0 Å². The van der Waals surface area contributed by atoms with Gasteiger partial charge in [-0.1, -0.05) is 24.4 Å². The first-order valence-corrected chi connectivity index (χ1v) is 7.02. The first-order chi connectivity index (χ1) is 8.75. The second-order valence-electron chi connectivity index (χ2n) is 4.37. The Morgan fingerprint density at radius 2 is 2.06 bits per heavy atom. The van der Waals surface area contributed by atoms with E-state index in [1.54, 1.807) is 6.20 Å². The minimum Gasteiger partial charge on any atom is -0.230 e. The van der Waals surface area contributed by atoms with Crippen LogP contribution in [0.25, 0.3) is 11.5 Å². The van der Waals surface area contributed by atoms with Gasteiger partial charge < -0.3 is 0 Å². The summed E-state index contributed by atoms with van der Waals surface area (Å²) in [5.41, 5.74) is 1.61. The van der Waals surface area contributed by atoms with Gasteiger partial charge in [-0.25, -0.2) is 9.97 Å². The lowest BCUT2D eigenvalue weighted by molar-refractivity contribution is 0.690. The molecule has 1 fully saturated rings. The van der Waals surface area contributed by atoms with Crippen LogP contribution in [0.2, 0.25) is 5.15 Å². The highest BCUT2D eigenvalue weighted by Gasteiger charge is 2.24. The van der Waals surface area contributed by atoms with E-state index >= 15 is 0 Å². The Kier molecular flexibility index (Phi) is 3.30. The summed E-state index contributed by atoms with van der Waals surface area (Å²) in [6, 6.07) is 0. The summed E-state index contributed by atoms with van der Waals surface area (Å²) >= 11 is 9.64. The van der Waals surface area contributed by atoms with Crippen LogP contribution in [0, 0.1) is 0 Å². The molecule has 2 aromatic heterocycles. The molecule has 0 radical (unpaired) electrons. The predicted molar refractivity (Wildman–Crippen MR) is 71.3 cm³/mol. The van der Waals surface area contributed by atoms with E-state index in [9.17, 15) is 0 Å². The van der Waals surface area contributed by atoms with Gasteiger partial charge in [-0.05, 0) is 28.8 Å². The highest BCUT2D eigenvalue weighted by Crippen LogP contribution is 2.39. The fourth-order valence-corrected chi connectivity index (χ4v) is 3.01. The smallest absolute Gasteiger partial charge is 0.183 e. The van der Waals surface area contributed by atoms with Crippen molar-refractivity contribution in [2.45, 2.75) is 31.6 Å². The second-order valence-corrected chi connectivity index (χ2v) is 5.52. The standard InChI is InChI=1S/C11H11BrClN5/c12-8-9(6-3-1-2-4-6)15-11(16-10(8)13)7-5-14-18-17-7/h5-6H,1-4H2,(H,14,17,18). The van der Waals surface area contributed by atoms with Crippen molar-refractivity contribution in [1.29, 1.82) is 0 Å². The van der Waals surface area contributed by atoms with Crippen molar-refractivity contribution in [1.82, 2.24) is 25.4 Å². The van der Waals surface area contributed by atoms with E-state index in [1.807, 2.05) is 0 Å². The minimum atomic E-state index is 0.435. The summed E-state index contributed by atoms with van der Waals surface area (Å²) in [5, 5.41) is 10.7. The van der Waals surface area contributed by atoms with E-state index in [1.165, 1.54) is 12.8 Å². The fourth-order valence-electron chi connectivity index (χ4n) is 2.33. The van der Waals surface area contributed by atoms with Crippen molar-refractivity contribution >= 4 is 27.5 Å². The van der Waals surface area contributed by atoms with Gasteiger partial charge in [-0.15, -0.1) is 0 Å². The lowest BCUT2D eigenvalue weighted by Crippen LogP contribution is -2.03. The Hall–Kier alpha value is -1.01. The number of aromatic nitrogens is 5. The maximum atomic E-state index is 6.16. The van der Waals surface area contributed by atoms with Gasteiger partial charge in [0.05, 0.1) is 16.4 Å². The minimum absolute atomic E-state index is 0.435. The Morgan fingerprint density at radius 1 is 1.28 bits per heavy atom. The molecule has 0 atom stereocenters. The molecule has 0 aliphatic heterocycles. The third-order valence-corrected chi connectivity index (χ3v) is 4.51. The molecule has 1 saturated carbocycles. The molecule has 0 spiro atoms. The molecule has 1 aliphatic carbocycles. The van der Waals surface area contributed by atoms with Crippen molar-refractivity contribution in [2.24, 2.45) is 0 Å². The Morgan fingerprint density at radius 3 is 2.72 bits per heavy atom. The monoisotopic (exact) mass is 327 g/mol. The van der Waals surface area contributed by atoms with Gasteiger partial charge in [0.1, 0.15) is 10.8 Å². The summed E-state index contributed by atoms with van der Waals surface area (Å²) < 4.78 is 0.809. The van der Waals surface area contributed by atoms with Crippen molar-refractivity contribution in [3.05, 3.63) is 21.5 Å². The number of nitrogens with zero attached hydrogens (tertiary/aromatic N) is 4. The number of aromatic amines is 1. The first-order valence-electron chi connectivity index (χ1n) is 5.85. The van der Waals surface area contributed by atoms with Crippen LogP contribution in [0.1, 0.15) is 37.3 Å². The van der Waals surface area contributed by atoms with E-state index < -0.39 is 0 Å². The van der Waals surface area contributed by atoms with Crippen LogP contribution in [0.3, 0.4) is 0 Å². The Bertz CT molecular complexity index is 551. The van der Waals surface area contributed by atoms with Gasteiger partial charge in [-0.2, -0.15) is 15.4 Å². The van der Waals surface area contributed by atoms with Crippen LogP contribution >= 0.6 is 27.5 Å². The van der Waals surface area contributed by atoms with Gasteiger partial charge in [0.15, 0.2) is 5.82 Å². The van der Waals surface area contributed by atoms with E-state index in [-0.39, 0.29) is 0 Å². The molecule has 18 heavy (non-hydrogen) atoms. The van der Waals surface area contributed by atoms with Crippen molar-refractivity contribution in [3.8, 4) is 11.5 Å². The molecule has 0 unspecified atom stereocenters. The molecule has 7 heteroatoms. The zero-order valence-corrected chi connectivity index (χ0v) is 11.9. The highest BCUT2D eigenvalue weighted by atomic mass is 79.9. The third-order valence-electron chi connectivity index (χ3n) is 3.22. The SMILES string of the molecule is Clc1nc(-c2cn[nH]n2)nc(C2CCCC2)c1Br. The van der Waals surface area contributed by atoms with Crippen LogP contribution in [0.5, 0.6) is 0 Å². The number of rotatable bonds is 2. The van der Waals surface area contributed by atoms with E-state index in [4.69, 9.17) is 11.6 Å². The molecular weight excluding hydrogens is 318 g/mol. The molecule has 0 aromatic carbocycles. The molecular formula is C11H11BrClN5. The summed E-state index contributed by atoms with van der Waals surface area (Å²) in [4.78, 5) is 8.82. The molecule has 5 nitrogen and oxygen atoms in total. The normalized spacial score (nSPS) is 16.3. The topological polar surface area (TPSA) is 67.3 Å². The van der Waals surface area contributed by atoms with Crippen molar-refractivity contribution in [3.63, 3.8) is 0 Å². The number of hydrogen-bond donors (Lipinski definition) is 1. The average Bonchev–Trinajstić information content (AvgIpc) is 3.03. The maximum absolute atomic E-state index is 6.16. The van der Waals surface area contributed by atoms with Gasteiger partial charge in [0.25, 0.3) is 0 Å². The highest BCUT2D eigenvalue weighted by molar-refractivity contribution is 9.10. The molecule has 1 aliphatic rings. The van der Waals surface area contributed by atoms with Gasteiger partial charge in [0.2, 0.25) is 0 Å². The molecule has 0 saturated heterocycles. The van der Waals surface area contributed by atoms with Gasteiger partial charge >= 0.3 is 0 Å². The zero-order valence-electron chi connectivity index (χ0n) is 9.53. The lowest BCUT2D eigenvalue weighted by atomic mass is 10.0. The summed E-state index contributed by atoms with van der Waals surface area (Å²) in [6.45, 7) is 0. The molecule has 1 N–H and O–H groups in total. The van der Waals surface area contributed by atoms with E-state index in [0.717, 1.165) is 23.0 Å². The lowest BCUT2D eigenvalue weighted by Gasteiger charge is -2.12.